The summed E-state index contributed by atoms with van der Waals surface area (Å²) in [7, 11) is 0. The lowest BCUT2D eigenvalue weighted by Gasteiger charge is -2.17. The van der Waals surface area contributed by atoms with E-state index in [9.17, 15) is 9.90 Å². The van der Waals surface area contributed by atoms with Crippen LogP contribution in [0.5, 0.6) is 5.88 Å². The Labute approximate surface area is 199 Å². The van der Waals surface area contributed by atoms with Crippen LogP contribution in [0.3, 0.4) is 0 Å². The Balaban J connectivity index is 1.79. The number of hydrogen-bond donors (Lipinski definition) is 1. The van der Waals surface area contributed by atoms with E-state index in [0.29, 0.717) is 16.8 Å². The number of carbonyl (C=O) groups excluding carboxylic acids is 1. The second-order valence-electron chi connectivity index (χ2n) is 9.14. The van der Waals surface area contributed by atoms with Crippen LogP contribution < -0.4 is 10.6 Å². The lowest BCUT2D eigenvalue weighted by atomic mass is 9.99. The molecule has 4 aromatic rings. The molecule has 2 heterocycles. The number of aromatic nitrogens is 1. The zero-order chi connectivity index (χ0) is 23.7. The van der Waals surface area contributed by atoms with Crippen LogP contribution in [0.4, 0.5) is 0 Å². The van der Waals surface area contributed by atoms with Crippen molar-refractivity contribution in [3.63, 3.8) is 0 Å². The Bertz CT molecular complexity index is 1470. The molecule has 172 valence electrons. The zero-order valence-corrected chi connectivity index (χ0v) is 19.8. The second-order valence-corrected chi connectivity index (χ2v) is 9.14. The first kappa shape index (κ1) is 22.1. The van der Waals surface area contributed by atoms with Crippen LogP contribution in [0.25, 0.3) is 27.6 Å². The Kier molecular flexibility index (Phi) is 6.06. The minimum absolute atomic E-state index is 0.208. The van der Waals surface area contributed by atoms with Crippen molar-refractivity contribution in [3.8, 4) is 17.0 Å². The molecule has 5 rings (SSSR count). The van der Waals surface area contributed by atoms with E-state index in [-0.39, 0.29) is 11.8 Å². The number of benzene rings is 3. The molecule has 0 spiro atoms. The third-order valence-corrected chi connectivity index (χ3v) is 6.97. The summed E-state index contributed by atoms with van der Waals surface area (Å²) < 4.78 is 2.05. The number of rotatable bonds is 8. The molecular formula is C30H30N2O2. The van der Waals surface area contributed by atoms with Gasteiger partial charge >= 0.3 is 0 Å². The Morgan fingerprint density at radius 3 is 2.26 bits per heavy atom. The fourth-order valence-corrected chi connectivity index (χ4v) is 5.08. The molecule has 0 radical (unpaired) electrons. The molecule has 1 aliphatic rings. The van der Waals surface area contributed by atoms with Crippen molar-refractivity contribution in [1.29, 1.82) is 0 Å². The maximum Gasteiger partial charge on any atom is 0.278 e. The van der Waals surface area contributed by atoms with E-state index in [1.807, 2.05) is 71.3 Å². The van der Waals surface area contributed by atoms with Gasteiger partial charge in [0.25, 0.3) is 5.91 Å². The number of amides is 1. The smallest absolute Gasteiger partial charge is 0.278 e. The van der Waals surface area contributed by atoms with E-state index >= 15 is 0 Å². The summed E-state index contributed by atoms with van der Waals surface area (Å²) in [6.45, 7) is 5.18. The summed E-state index contributed by atoms with van der Waals surface area (Å²) in [6, 6.07) is 23.7. The lowest BCUT2D eigenvalue weighted by Crippen LogP contribution is -2.23. The molecule has 34 heavy (non-hydrogen) atoms. The van der Waals surface area contributed by atoms with Crippen molar-refractivity contribution < 1.29 is 9.90 Å². The van der Waals surface area contributed by atoms with Gasteiger partial charge in [-0.25, -0.2) is 4.99 Å². The van der Waals surface area contributed by atoms with Crippen LogP contribution in [-0.2, 0) is 11.3 Å². The number of aromatic hydroxyl groups is 1. The number of fused-ring (bicyclic) bond motifs is 2. The van der Waals surface area contributed by atoms with Gasteiger partial charge < -0.3 is 9.67 Å². The summed E-state index contributed by atoms with van der Waals surface area (Å²) in [4.78, 5) is 17.3. The van der Waals surface area contributed by atoms with Crippen LogP contribution in [-0.4, -0.2) is 15.6 Å². The van der Waals surface area contributed by atoms with E-state index in [4.69, 9.17) is 0 Å². The van der Waals surface area contributed by atoms with E-state index < -0.39 is 0 Å². The van der Waals surface area contributed by atoms with E-state index in [2.05, 4.69) is 24.9 Å². The van der Waals surface area contributed by atoms with Crippen LogP contribution in [0.2, 0.25) is 0 Å². The Morgan fingerprint density at radius 2 is 1.62 bits per heavy atom. The number of unbranched alkanes of at least 4 members (excludes halogenated alkanes) is 1. The van der Waals surface area contributed by atoms with Crippen molar-refractivity contribution in [2.45, 2.75) is 46.1 Å². The highest BCUT2D eigenvalue weighted by Gasteiger charge is 2.24. The predicted octanol–water partition coefficient (Wildman–Crippen LogP) is 5.59. The largest absolute Gasteiger partial charge is 0.494 e. The van der Waals surface area contributed by atoms with Gasteiger partial charge in [-0.3, -0.25) is 4.79 Å². The van der Waals surface area contributed by atoms with Gasteiger partial charge in [0.1, 0.15) is 0 Å². The van der Waals surface area contributed by atoms with Crippen LogP contribution in [0.1, 0.15) is 45.1 Å². The third-order valence-electron chi connectivity index (χ3n) is 6.97. The number of nitrogens with zero attached hydrogens (tertiary/aromatic N) is 2. The summed E-state index contributed by atoms with van der Waals surface area (Å²) in [5.41, 5.74) is 4.21. The molecule has 1 amide bonds. The fraction of sp³-hybridized carbons (Fsp3) is 0.267. The normalized spacial score (nSPS) is 13.8. The first-order valence-corrected chi connectivity index (χ1v) is 12.3. The fourth-order valence-electron chi connectivity index (χ4n) is 5.08. The summed E-state index contributed by atoms with van der Waals surface area (Å²) in [5, 5.41) is 13.9. The molecule has 0 saturated heterocycles. The zero-order valence-electron chi connectivity index (χ0n) is 19.8. The molecule has 1 aromatic heterocycles. The van der Waals surface area contributed by atoms with Crippen molar-refractivity contribution in [3.05, 3.63) is 88.9 Å². The molecule has 0 saturated carbocycles. The average Bonchev–Trinajstić information content (AvgIpc) is 3.33. The standard InChI is InChI=1S/C30H30N2O2/c1-3-5-12-20(4-2)19-32-26-18-23-25(31-29(33)27(23)21-13-8-6-9-14-21)17-24(26)28(30(32)34)22-15-10-7-11-16-22/h6-11,13-18,20,34H,3-5,12,19H2,1-2H3. The Hall–Kier alpha value is -3.66. The monoisotopic (exact) mass is 450 g/mol. The average molecular weight is 451 g/mol. The van der Waals surface area contributed by atoms with Crippen molar-refractivity contribution in [2.24, 2.45) is 10.9 Å². The SMILES string of the molecule is CCCCC(CC)Cn1c(O)c(-c2ccccc2)c2cc3c(cc21)=C(c1ccccc1)C(=O)N=3. The van der Waals surface area contributed by atoms with Gasteiger partial charge in [-0.1, -0.05) is 93.8 Å². The molecule has 1 aliphatic heterocycles. The number of hydrogen-bond acceptors (Lipinski definition) is 2. The van der Waals surface area contributed by atoms with Crippen molar-refractivity contribution in [2.75, 3.05) is 0 Å². The third kappa shape index (κ3) is 3.83. The molecule has 0 bridgehead atoms. The molecular weight excluding hydrogens is 420 g/mol. The first-order chi connectivity index (χ1) is 16.6. The van der Waals surface area contributed by atoms with Gasteiger partial charge in [-0.15, -0.1) is 0 Å². The van der Waals surface area contributed by atoms with Gasteiger partial charge in [0.15, 0.2) is 5.88 Å². The number of carbonyl (C=O) groups is 1. The van der Waals surface area contributed by atoms with E-state index in [0.717, 1.165) is 58.6 Å². The second kappa shape index (κ2) is 9.30. The van der Waals surface area contributed by atoms with E-state index in [1.54, 1.807) is 0 Å². The highest BCUT2D eigenvalue weighted by atomic mass is 16.3. The minimum Gasteiger partial charge on any atom is -0.494 e. The van der Waals surface area contributed by atoms with Gasteiger partial charge in [-0.2, -0.15) is 0 Å². The molecule has 4 nitrogen and oxygen atoms in total. The highest BCUT2D eigenvalue weighted by molar-refractivity contribution is 6.21. The highest BCUT2D eigenvalue weighted by Crippen LogP contribution is 2.39. The maximum absolute atomic E-state index is 12.9. The van der Waals surface area contributed by atoms with Gasteiger partial charge in [-0.05, 0) is 35.6 Å². The Morgan fingerprint density at radius 1 is 0.941 bits per heavy atom. The molecule has 0 fully saturated rings. The van der Waals surface area contributed by atoms with Crippen molar-refractivity contribution >= 4 is 22.4 Å². The van der Waals surface area contributed by atoms with Gasteiger partial charge in [0, 0.05) is 17.1 Å². The molecule has 3 aromatic carbocycles. The molecule has 1 N–H and O–H groups in total. The quantitative estimate of drug-likeness (QED) is 0.380. The summed E-state index contributed by atoms with van der Waals surface area (Å²) in [5.74, 6) is 0.551. The van der Waals surface area contributed by atoms with Crippen LogP contribution in [0, 0.1) is 5.92 Å². The predicted molar refractivity (Wildman–Crippen MR) is 137 cm³/mol. The van der Waals surface area contributed by atoms with Gasteiger partial charge in [0.2, 0.25) is 0 Å². The van der Waals surface area contributed by atoms with Crippen LogP contribution in [0.15, 0.2) is 77.8 Å². The maximum atomic E-state index is 12.9. The lowest BCUT2D eigenvalue weighted by molar-refractivity contribution is -0.112. The minimum atomic E-state index is -0.208. The summed E-state index contributed by atoms with van der Waals surface area (Å²) >= 11 is 0. The molecule has 1 atom stereocenters. The van der Waals surface area contributed by atoms with E-state index in [1.165, 1.54) is 6.42 Å². The first-order valence-electron chi connectivity index (χ1n) is 12.3. The molecule has 0 aliphatic carbocycles. The summed E-state index contributed by atoms with van der Waals surface area (Å²) in [6.07, 6.45) is 4.53. The van der Waals surface area contributed by atoms with Crippen molar-refractivity contribution in [1.82, 2.24) is 4.57 Å². The van der Waals surface area contributed by atoms with Gasteiger partial charge in [0.05, 0.1) is 22.0 Å². The molecule has 4 heteroatoms. The topological polar surface area (TPSA) is 54.6 Å². The van der Waals surface area contributed by atoms with Crippen LogP contribution >= 0.6 is 0 Å². The molecule has 1 unspecified atom stereocenters.